The zero-order valence-corrected chi connectivity index (χ0v) is 14.0. The number of aliphatic hydroxyl groups is 1. The Kier molecular flexibility index (Phi) is 4.66. The van der Waals surface area contributed by atoms with Gasteiger partial charge < -0.3 is 14.7 Å². The van der Waals surface area contributed by atoms with Crippen LogP contribution in [0.15, 0.2) is 10.7 Å². The summed E-state index contributed by atoms with van der Waals surface area (Å²) in [6.45, 7) is 9.73. The highest BCUT2D eigenvalue weighted by atomic mass is 79.9. The smallest absolute Gasteiger partial charge is 0.137 e. The van der Waals surface area contributed by atoms with Crippen LogP contribution in [0.2, 0.25) is 0 Å². The van der Waals surface area contributed by atoms with Gasteiger partial charge in [-0.25, -0.2) is 9.97 Å². The quantitative estimate of drug-likeness (QED) is 0.833. The molecule has 0 radical (unpaired) electrons. The van der Waals surface area contributed by atoms with Gasteiger partial charge in [-0.15, -0.1) is 0 Å². The van der Waals surface area contributed by atoms with Gasteiger partial charge in [0.1, 0.15) is 16.2 Å². The predicted molar refractivity (Wildman–Crippen MR) is 82.1 cm³/mol. The van der Waals surface area contributed by atoms with E-state index in [9.17, 15) is 5.11 Å². The Labute approximate surface area is 128 Å². The molecule has 112 valence electrons. The van der Waals surface area contributed by atoms with Gasteiger partial charge in [0.15, 0.2) is 0 Å². The van der Waals surface area contributed by atoms with Gasteiger partial charge in [-0.1, -0.05) is 20.8 Å². The fourth-order valence-corrected chi connectivity index (χ4v) is 2.61. The Hall–Kier alpha value is -0.720. The number of halogens is 1. The Balaban J connectivity index is 2.30. The van der Waals surface area contributed by atoms with Crippen LogP contribution >= 0.6 is 15.9 Å². The highest BCUT2D eigenvalue weighted by Gasteiger charge is 2.27. The van der Waals surface area contributed by atoms with Crippen molar-refractivity contribution >= 4 is 21.7 Å². The monoisotopic (exact) mass is 343 g/mol. The number of morpholine rings is 1. The topological polar surface area (TPSA) is 58.5 Å². The van der Waals surface area contributed by atoms with Crippen LogP contribution in [-0.2, 0) is 10.2 Å². The van der Waals surface area contributed by atoms with Gasteiger partial charge in [0.05, 0.1) is 18.8 Å². The maximum atomic E-state index is 9.32. The lowest BCUT2D eigenvalue weighted by atomic mass is 9.96. The summed E-state index contributed by atoms with van der Waals surface area (Å²) < 4.78 is 6.45. The molecular formula is C14H22BrN3O2. The SMILES string of the molecule is CC1CN(c2cc(Br)nc(C(C)(C)C)n2)CC(CO)O1. The maximum absolute atomic E-state index is 9.32. The van der Waals surface area contributed by atoms with Crippen molar-refractivity contribution < 1.29 is 9.84 Å². The molecular weight excluding hydrogens is 322 g/mol. The third kappa shape index (κ3) is 3.68. The van der Waals surface area contributed by atoms with E-state index in [1.807, 2.05) is 13.0 Å². The van der Waals surface area contributed by atoms with Crippen LogP contribution in [0.25, 0.3) is 0 Å². The highest BCUT2D eigenvalue weighted by Crippen LogP contribution is 2.26. The van der Waals surface area contributed by atoms with Gasteiger partial charge in [0, 0.05) is 24.6 Å². The van der Waals surface area contributed by atoms with Crippen LogP contribution < -0.4 is 4.90 Å². The fraction of sp³-hybridized carbons (Fsp3) is 0.714. The second-order valence-electron chi connectivity index (χ2n) is 6.28. The van der Waals surface area contributed by atoms with Crippen LogP contribution in [0, 0.1) is 0 Å². The molecule has 1 aromatic heterocycles. The molecule has 1 fully saturated rings. The Morgan fingerprint density at radius 1 is 1.40 bits per heavy atom. The van der Waals surface area contributed by atoms with Gasteiger partial charge in [0.2, 0.25) is 0 Å². The molecule has 0 spiro atoms. The lowest BCUT2D eigenvalue weighted by Gasteiger charge is -2.37. The molecule has 0 bridgehead atoms. The molecule has 1 saturated heterocycles. The molecule has 1 aliphatic rings. The summed E-state index contributed by atoms with van der Waals surface area (Å²) in [7, 11) is 0. The molecule has 20 heavy (non-hydrogen) atoms. The number of aliphatic hydroxyl groups excluding tert-OH is 1. The van der Waals surface area contributed by atoms with Crippen molar-refractivity contribution in [2.75, 3.05) is 24.6 Å². The first-order chi connectivity index (χ1) is 9.29. The summed E-state index contributed by atoms with van der Waals surface area (Å²) in [5.74, 6) is 1.69. The molecule has 2 unspecified atom stereocenters. The molecule has 2 atom stereocenters. The van der Waals surface area contributed by atoms with Gasteiger partial charge in [-0.3, -0.25) is 0 Å². The minimum absolute atomic E-state index is 0.0270. The summed E-state index contributed by atoms with van der Waals surface area (Å²) in [4.78, 5) is 11.3. The number of rotatable bonds is 2. The van der Waals surface area contributed by atoms with Crippen molar-refractivity contribution in [3.63, 3.8) is 0 Å². The number of nitrogens with zero attached hydrogens (tertiary/aromatic N) is 3. The molecule has 1 aliphatic heterocycles. The van der Waals surface area contributed by atoms with Crippen molar-refractivity contribution in [2.45, 2.75) is 45.3 Å². The fourth-order valence-electron chi connectivity index (χ4n) is 2.24. The van der Waals surface area contributed by atoms with E-state index in [4.69, 9.17) is 4.74 Å². The second kappa shape index (κ2) is 5.95. The lowest BCUT2D eigenvalue weighted by Crippen LogP contribution is -2.48. The second-order valence-corrected chi connectivity index (χ2v) is 7.09. The maximum Gasteiger partial charge on any atom is 0.137 e. The standard InChI is InChI=1S/C14H22BrN3O2/c1-9-6-18(7-10(8-19)20-9)12-5-11(15)16-13(17-12)14(2,3)4/h5,9-10,19H,6-8H2,1-4H3. The zero-order chi connectivity index (χ0) is 14.9. The van der Waals surface area contributed by atoms with Crippen molar-refractivity contribution in [3.8, 4) is 0 Å². The van der Waals surface area contributed by atoms with E-state index in [0.29, 0.717) is 6.54 Å². The van der Waals surface area contributed by atoms with Crippen molar-refractivity contribution in [3.05, 3.63) is 16.5 Å². The predicted octanol–water partition coefficient (Wildman–Crippen LogP) is 2.12. The third-order valence-electron chi connectivity index (χ3n) is 3.21. The molecule has 0 amide bonds. The molecule has 6 heteroatoms. The van der Waals surface area contributed by atoms with Crippen molar-refractivity contribution in [1.29, 1.82) is 0 Å². The van der Waals surface area contributed by atoms with E-state index in [1.54, 1.807) is 0 Å². The normalized spacial score (nSPS) is 24.0. The average Bonchev–Trinajstić information content (AvgIpc) is 2.36. The van der Waals surface area contributed by atoms with Crippen LogP contribution in [0.1, 0.15) is 33.5 Å². The summed E-state index contributed by atoms with van der Waals surface area (Å²) in [5, 5.41) is 9.32. The van der Waals surface area contributed by atoms with Crippen molar-refractivity contribution in [2.24, 2.45) is 0 Å². The summed E-state index contributed by atoms with van der Waals surface area (Å²) in [5.41, 5.74) is -0.104. The summed E-state index contributed by atoms with van der Waals surface area (Å²) in [6.07, 6.45) is -0.0849. The number of anilines is 1. The first-order valence-electron chi connectivity index (χ1n) is 6.86. The Morgan fingerprint density at radius 3 is 2.70 bits per heavy atom. The summed E-state index contributed by atoms with van der Waals surface area (Å²) in [6, 6.07) is 1.92. The Bertz CT molecular complexity index is 476. The van der Waals surface area contributed by atoms with Gasteiger partial charge in [-0.2, -0.15) is 0 Å². The van der Waals surface area contributed by atoms with Crippen LogP contribution in [0.4, 0.5) is 5.82 Å². The van der Waals surface area contributed by atoms with E-state index in [2.05, 4.69) is 51.6 Å². The number of hydrogen-bond acceptors (Lipinski definition) is 5. The van der Waals surface area contributed by atoms with Gasteiger partial charge >= 0.3 is 0 Å². The van der Waals surface area contributed by atoms with Crippen molar-refractivity contribution in [1.82, 2.24) is 9.97 Å². The molecule has 2 heterocycles. The minimum Gasteiger partial charge on any atom is -0.394 e. The molecule has 1 N–H and O–H groups in total. The lowest BCUT2D eigenvalue weighted by molar-refractivity contribution is -0.0423. The minimum atomic E-state index is -0.162. The van der Waals surface area contributed by atoms with E-state index in [1.165, 1.54) is 0 Å². The molecule has 5 nitrogen and oxygen atoms in total. The zero-order valence-electron chi connectivity index (χ0n) is 12.4. The number of hydrogen-bond donors (Lipinski definition) is 1. The largest absolute Gasteiger partial charge is 0.394 e. The van der Waals surface area contributed by atoms with E-state index >= 15 is 0 Å². The molecule has 1 aromatic rings. The molecule has 2 rings (SSSR count). The first kappa shape index (κ1) is 15.7. The molecule has 0 aliphatic carbocycles. The molecule has 0 saturated carbocycles. The average molecular weight is 344 g/mol. The highest BCUT2D eigenvalue weighted by molar-refractivity contribution is 9.10. The van der Waals surface area contributed by atoms with E-state index in [0.717, 1.165) is 22.8 Å². The summed E-state index contributed by atoms with van der Waals surface area (Å²) >= 11 is 3.46. The number of aromatic nitrogens is 2. The van der Waals surface area contributed by atoms with Gasteiger partial charge in [-0.05, 0) is 22.9 Å². The number of ether oxygens (including phenoxy) is 1. The molecule has 0 aromatic carbocycles. The van der Waals surface area contributed by atoms with Crippen LogP contribution in [-0.4, -0.2) is 47.0 Å². The van der Waals surface area contributed by atoms with E-state index < -0.39 is 0 Å². The van der Waals surface area contributed by atoms with Gasteiger partial charge in [0.25, 0.3) is 0 Å². The Morgan fingerprint density at radius 2 is 2.10 bits per heavy atom. The van der Waals surface area contributed by atoms with Crippen LogP contribution in [0.3, 0.4) is 0 Å². The third-order valence-corrected chi connectivity index (χ3v) is 3.61. The first-order valence-corrected chi connectivity index (χ1v) is 7.65. The van der Waals surface area contributed by atoms with Crippen LogP contribution in [0.5, 0.6) is 0 Å². The van der Waals surface area contributed by atoms with E-state index in [-0.39, 0.29) is 24.2 Å².